The van der Waals surface area contributed by atoms with Gasteiger partial charge in [0.05, 0.1) is 0 Å². The van der Waals surface area contributed by atoms with Crippen molar-refractivity contribution in [1.29, 1.82) is 0 Å². The van der Waals surface area contributed by atoms with Crippen LogP contribution in [-0.2, 0) is 16.6 Å². The molecule has 1 aromatic rings. The van der Waals surface area contributed by atoms with Crippen molar-refractivity contribution < 1.29 is 8.42 Å². The zero-order valence-electron chi connectivity index (χ0n) is 11.2. The Morgan fingerprint density at radius 3 is 2.67 bits per heavy atom. The number of aryl methyl sites for hydroxylation is 1. The quantitative estimate of drug-likeness (QED) is 0.722. The predicted octanol–water partition coefficient (Wildman–Crippen LogP) is 2.24. The van der Waals surface area contributed by atoms with Crippen molar-refractivity contribution in [2.45, 2.75) is 43.9 Å². The van der Waals surface area contributed by atoms with E-state index < -0.39 is 10.0 Å². The van der Waals surface area contributed by atoms with Crippen LogP contribution in [-0.4, -0.2) is 22.0 Å². The fourth-order valence-electron chi connectivity index (χ4n) is 1.61. The van der Waals surface area contributed by atoms with Gasteiger partial charge in [-0.3, -0.25) is 0 Å². The van der Waals surface area contributed by atoms with Crippen molar-refractivity contribution in [3.63, 3.8) is 0 Å². The Hall–Kier alpha value is -0.430. The molecule has 0 aliphatic heterocycles. The molecular weight excluding hydrogens is 268 g/mol. The summed E-state index contributed by atoms with van der Waals surface area (Å²) in [5.74, 6) is 0. The molecule has 1 aromatic heterocycles. The average Bonchev–Trinajstić information content (AvgIpc) is 2.68. The number of hydrogen-bond acceptors (Lipinski definition) is 4. The molecule has 0 saturated heterocycles. The second kappa shape index (κ2) is 7.23. The minimum absolute atomic E-state index is 0.418. The monoisotopic (exact) mass is 290 g/mol. The summed E-state index contributed by atoms with van der Waals surface area (Å²) >= 11 is 1.34. The first kappa shape index (κ1) is 15.6. The molecule has 104 valence electrons. The van der Waals surface area contributed by atoms with Crippen molar-refractivity contribution in [2.24, 2.45) is 0 Å². The number of nitrogens with one attached hydrogen (secondary N) is 2. The van der Waals surface area contributed by atoms with Gasteiger partial charge in [0.25, 0.3) is 0 Å². The molecule has 1 rings (SSSR count). The van der Waals surface area contributed by atoms with Crippen LogP contribution in [0.4, 0.5) is 0 Å². The zero-order valence-corrected chi connectivity index (χ0v) is 12.9. The maximum absolute atomic E-state index is 12.0. The Bertz CT molecular complexity index is 466. The van der Waals surface area contributed by atoms with Crippen LogP contribution in [0.2, 0.25) is 0 Å². The van der Waals surface area contributed by atoms with E-state index in [1.807, 2.05) is 14.0 Å². The van der Waals surface area contributed by atoms with Crippen molar-refractivity contribution in [1.82, 2.24) is 10.0 Å². The molecular formula is C12H22N2O2S2. The molecule has 0 unspecified atom stereocenters. The van der Waals surface area contributed by atoms with Gasteiger partial charge in [0.15, 0.2) is 0 Å². The van der Waals surface area contributed by atoms with Gasteiger partial charge < -0.3 is 5.32 Å². The highest BCUT2D eigenvalue weighted by atomic mass is 32.2. The predicted molar refractivity (Wildman–Crippen MR) is 76.5 cm³/mol. The first-order valence-electron chi connectivity index (χ1n) is 6.24. The van der Waals surface area contributed by atoms with Gasteiger partial charge in [-0.2, -0.15) is 0 Å². The topological polar surface area (TPSA) is 58.2 Å². The molecule has 0 aliphatic carbocycles. The minimum atomic E-state index is -3.32. The minimum Gasteiger partial charge on any atom is -0.315 e. The van der Waals surface area contributed by atoms with Gasteiger partial charge in [-0.25, -0.2) is 13.1 Å². The summed E-state index contributed by atoms with van der Waals surface area (Å²) in [6.07, 6.45) is 3.03. The maximum atomic E-state index is 12.0. The molecule has 0 fully saturated rings. The molecule has 18 heavy (non-hydrogen) atoms. The van der Waals surface area contributed by atoms with Crippen molar-refractivity contribution in [2.75, 3.05) is 13.6 Å². The molecule has 0 bridgehead atoms. The molecule has 0 saturated carbocycles. The van der Waals surface area contributed by atoms with E-state index in [4.69, 9.17) is 0 Å². The summed E-state index contributed by atoms with van der Waals surface area (Å²) in [5.41, 5.74) is 1.03. The van der Waals surface area contributed by atoms with Gasteiger partial charge in [-0.1, -0.05) is 19.8 Å². The molecule has 0 aromatic carbocycles. The maximum Gasteiger partial charge on any atom is 0.250 e. The van der Waals surface area contributed by atoms with Crippen LogP contribution >= 0.6 is 11.3 Å². The lowest BCUT2D eigenvalue weighted by molar-refractivity contribution is 0.578. The van der Waals surface area contributed by atoms with Crippen LogP contribution in [0, 0.1) is 6.92 Å². The Morgan fingerprint density at radius 1 is 1.33 bits per heavy atom. The molecule has 0 amide bonds. The first-order chi connectivity index (χ1) is 8.51. The smallest absolute Gasteiger partial charge is 0.250 e. The third kappa shape index (κ3) is 4.35. The summed E-state index contributed by atoms with van der Waals surface area (Å²) in [6.45, 7) is 5.27. The molecule has 2 N–H and O–H groups in total. The molecule has 6 heteroatoms. The summed E-state index contributed by atoms with van der Waals surface area (Å²) < 4.78 is 27.2. The van der Waals surface area contributed by atoms with Gasteiger partial charge >= 0.3 is 0 Å². The summed E-state index contributed by atoms with van der Waals surface area (Å²) in [5, 5.41) is 3.04. The Labute approximate surface area is 114 Å². The van der Waals surface area contributed by atoms with E-state index in [1.165, 1.54) is 11.3 Å². The van der Waals surface area contributed by atoms with Gasteiger partial charge in [0.2, 0.25) is 10.0 Å². The van der Waals surface area contributed by atoms with Gasteiger partial charge in [-0.05, 0) is 32.0 Å². The van der Waals surface area contributed by atoms with Gasteiger partial charge in [-0.15, -0.1) is 11.3 Å². The Morgan fingerprint density at radius 2 is 2.06 bits per heavy atom. The van der Waals surface area contributed by atoms with Crippen LogP contribution in [0.15, 0.2) is 10.3 Å². The van der Waals surface area contributed by atoms with Crippen LogP contribution in [0.5, 0.6) is 0 Å². The van der Waals surface area contributed by atoms with E-state index in [0.717, 1.165) is 29.7 Å². The highest BCUT2D eigenvalue weighted by Crippen LogP contribution is 2.25. The third-order valence-corrected chi connectivity index (χ3v) is 5.84. The van der Waals surface area contributed by atoms with Crippen molar-refractivity contribution >= 4 is 21.4 Å². The lowest BCUT2D eigenvalue weighted by Crippen LogP contribution is -2.23. The van der Waals surface area contributed by atoms with E-state index in [0.29, 0.717) is 17.3 Å². The van der Waals surface area contributed by atoms with Crippen molar-refractivity contribution in [3.05, 3.63) is 16.5 Å². The molecule has 1 heterocycles. The summed E-state index contributed by atoms with van der Waals surface area (Å²) in [4.78, 5) is 1.08. The van der Waals surface area contributed by atoms with Crippen molar-refractivity contribution in [3.8, 4) is 0 Å². The Kier molecular flexibility index (Phi) is 6.28. The average molecular weight is 290 g/mol. The first-order valence-corrected chi connectivity index (χ1v) is 8.54. The fourth-order valence-corrected chi connectivity index (χ4v) is 4.33. The number of rotatable bonds is 8. The number of thiophene rings is 1. The fraction of sp³-hybridized carbons (Fsp3) is 0.667. The Balaban J connectivity index is 2.69. The van der Waals surface area contributed by atoms with E-state index in [-0.39, 0.29) is 0 Å². The molecule has 0 atom stereocenters. The normalized spacial score (nSPS) is 11.9. The number of hydrogen-bond donors (Lipinski definition) is 2. The summed E-state index contributed by atoms with van der Waals surface area (Å²) in [6, 6.07) is 1.75. The van der Waals surface area contributed by atoms with Crippen LogP contribution in [0.1, 0.15) is 36.6 Å². The van der Waals surface area contributed by atoms with E-state index >= 15 is 0 Å². The standard InChI is InChI=1S/C12H22N2O2S2/c1-4-5-6-7-14-18(15,16)12-8-10(2)11(17-12)9-13-3/h8,13-14H,4-7,9H2,1-3H3. The second-order valence-corrected chi connectivity index (χ2v) is 7.44. The molecule has 0 aliphatic rings. The highest BCUT2D eigenvalue weighted by Gasteiger charge is 2.17. The SMILES string of the molecule is CCCCCNS(=O)(=O)c1cc(C)c(CNC)s1. The number of unbranched alkanes of at least 4 members (excludes halogenated alkanes) is 2. The van der Waals surface area contributed by atoms with E-state index in [1.54, 1.807) is 6.07 Å². The van der Waals surface area contributed by atoms with Crippen LogP contribution < -0.4 is 10.0 Å². The van der Waals surface area contributed by atoms with Crippen LogP contribution in [0.3, 0.4) is 0 Å². The lowest BCUT2D eigenvalue weighted by Gasteiger charge is -2.03. The van der Waals surface area contributed by atoms with E-state index in [9.17, 15) is 8.42 Å². The molecule has 0 radical (unpaired) electrons. The summed E-state index contributed by atoms with van der Waals surface area (Å²) in [7, 11) is -1.46. The lowest BCUT2D eigenvalue weighted by atomic mass is 10.3. The zero-order chi connectivity index (χ0) is 13.6. The van der Waals surface area contributed by atoms with Gasteiger partial charge in [0, 0.05) is 18.0 Å². The van der Waals surface area contributed by atoms with E-state index in [2.05, 4.69) is 17.0 Å². The third-order valence-electron chi connectivity index (χ3n) is 2.67. The number of sulfonamides is 1. The van der Waals surface area contributed by atoms with Gasteiger partial charge in [0.1, 0.15) is 4.21 Å². The molecule has 4 nitrogen and oxygen atoms in total. The second-order valence-electron chi connectivity index (χ2n) is 4.31. The molecule has 0 spiro atoms. The highest BCUT2D eigenvalue weighted by molar-refractivity contribution is 7.91. The largest absolute Gasteiger partial charge is 0.315 e. The van der Waals surface area contributed by atoms with Crippen LogP contribution in [0.25, 0.3) is 0 Å².